The quantitative estimate of drug-likeness (QED) is 0.549. The number of carbonyl (C=O) groups excluding carboxylic acids is 1. The fraction of sp³-hybridized carbons (Fsp3) is 0.167. The third-order valence-electron chi connectivity index (χ3n) is 2.29. The molecule has 2 heterocycles. The maximum atomic E-state index is 11.7. The van der Waals surface area contributed by atoms with Crippen LogP contribution in [0.5, 0.6) is 0 Å². The van der Waals surface area contributed by atoms with Gasteiger partial charge in [-0.15, -0.1) is 11.3 Å². The maximum absolute atomic E-state index is 11.7. The first-order valence-corrected chi connectivity index (χ1v) is 7.66. The number of rotatable bonds is 6. The van der Waals surface area contributed by atoms with E-state index in [4.69, 9.17) is 5.11 Å². The van der Waals surface area contributed by atoms with E-state index in [9.17, 15) is 9.59 Å². The Labute approximate surface area is 128 Å². The van der Waals surface area contributed by atoms with Gasteiger partial charge in [-0.25, -0.2) is 14.8 Å². The van der Waals surface area contributed by atoms with Crippen molar-refractivity contribution in [3.63, 3.8) is 0 Å². The topological polar surface area (TPSA) is 104 Å². The SMILES string of the molecule is Cc1nc(SCC(=O)NNc2ccccn2)sc1C(=O)O. The fourth-order valence-electron chi connectivity index (χ4n) is 1.37. The summed E-state index contributed by atoms with van der Waals surface area (Å²) in [4.78, 5) is 30.9. The van der Waals surface area contributed by atoms with E-state index in [1.54, 1.807) is 31.3 Å². The first kappa shape index (κ1) is 15.3. The van der Waals surface area contributed by atoms with E-state index in [2.05, 4.69) is 20.8 Å². The Morgan fingerprint density at radius 2 is 2.24 bits per heavy atom. The summed E-state index contributed by atoms with van der Waals surface area (Å²) in [7, 11) is 0. The highest BCUT2D eigenvalue weighted by Crippen LogP contribution is 2.26. The number of carboxylic acid groups (broad SMARTS) is 1. The Morgan fingerprint density at radius 3 is 2.86 bits per heavy atom. The molecule has 7 nitrogen and oxygen atoms in total. The van der Waals surface area contributed by atoms with Gasteiger partial charge in [0.1, 0.15) is 10.7 Å². The van der Waals surface area contributed by atoms with Crippen molar-refractivity contribution in [1.82, 2.24) is 15.4 Å². The maximum Gasteiger partial charge on any atom is 0.347 e. The van der Waals surface area contributed by atoms with E-state index < -0.39 is 5.97 Å². The highest BCUT2D eigenvalue weighted by atomic mass is 32.2. The van der Waals surface area contributed by atoms with Crippen molar-refractivity contribution in [2.75, 3.05) is 11.2 Å². The Morgan fingerprint density at radius 1 is 1.43 bits per heavy atom. The van der Waals surface area contributed by atoms with Gasteiger partial charge in [0.2, 0.25) is 5.91 Å². The Kier molecular flexibility index (Phi) is 5.12. The molecule has 0 aliphatic carbocycles. The summed E-state index contributed by atoms with van der Waals surface area (Å²) in [6, 6.07) is 5.28. The highest BCUT2D eigenvalue weighted by Gasteiger charge is 2.15. The Balaban J connectivity index is 1.81. The molecule has 0 fully saturated rings. The van der Waals surface area contributed by atoms with Gasteiger partial charge < -0.3 is 5.11 Å². The molecular formula is C12H12N4O3S2. The van der Waals surface area contributed by atoms with Gasteiger partial charge in [-0.05, 0) is 19.1 Å². The average molecular weight is 324 g/mol. The van der Waals surface area contributed by atoms with Crippen LogP contribution in [0.1, 0.15) is 15.4 Å². The van der Waals surface area contributed by atoms with Crippen LogP contribution in [0.25, 0.3) is 0 Å². The van der Waals surface area contributed by atoms with Crippen LogP contribution in [0.3, 0.4) is 0 Å². The number of thioether (sulfide) groups is 1. The zero-order valence-electron chi connectivity index (χ0n) is 11.0. The van der Waals surface area contributed by atoms with E-state index >= 15 is 0 Å². The van der Waals surface area contributed by atoms with Crippen molar-refractivity contribution >= 4 is 40.8 Å². The smallest absolute Gasteiger partial charge is 0.347 e. The van der Waals surface area contributed by atoms with Gasteiger partial charge in [0, 0.05) is 6.20 Å². The molecule has 0 saturated carbocycles. The van der Waals surface area contributed by atoms with Crippen molar-refractivity contribution in [3.05, 3.63) is 35.0 Å². The van der Waals surface area contributed by atoms with Gasteiger partial charge in [-0.2, -0.15) is 0 Å². The van der Waals surface area contributed by atoms with E-state index in [0.29, 0.717) is 15.9 Å². The molecule has 0 saturated heterocycles. The number of nitrogens with one attached hydrogen (secondary N) is 2. The molecule has 0 aromatic carbocycles. The van der Waals surface area contributed by atoms with Crippen LogP contribution in [0.4, 0.5) is 5.82 Å². The minimum absolute atomic E-state index is 0.131. The van der Waals surface area contributed by atoms with E-state index in [1.807, 2.05) is 0 Å². The average Bonchev–Trinajstić information content (AvgIpc) is 2.85. The zero-order chi connectivity index (χ0) is 15.2. The molecule has 2 rings (SSSR count). The third kappa shape index (κ3) is 4.43. The highest BCUT2D eigenvalue weighted by molar-refractivity contribution is 8.01. The normalized spacial score (nSPS) is 10.1. The molecule has 9 heteroatoms. The third-order valence-corrected chi connectivity index (χ3v) is 4.58. The van der Waals surface area contributed by atoms with Crippen LogP contribution < -0.4 is 10.9 Å². The lowest BCUT2D eigenvalue weighted by atomic mass is 10.4. The van der Waals surface area contributed by atoms with E-state index in [0.717, 1.165) is 11.3 Å². The number of hydrazine groups is 1. The number of aromatic carboxylic acids is 1. The summed E-state index contributed by atoms with van der Waals surface area (Å²) < 4.78 is 0.554. The molecule has 0 atom stereocenters. The van der Waals surface area contributed by atoms with Crippen molar-refractivity contribution in [2.24, 2.45) is 0 Å². The number of nitrogens with zero attached hydrogens (tertiary/aromatic N) is 2. The molecule has 0 spiro atoms. The number of amides is 1. The number of carboxylic acids is 1. The van der Waals surface area contributed by atoms with Crippen molar-refractivity contribution in [3.8, 4) is 0 Å². The number of hydrogen-bond acceptors (Lipinski definition) is 7. The largest absolute Gasteiger partial charge is 0.477 e. The summed E-state index contributed by atoms with van der Waals surface area (Å²) in [5.74, 6) is -0.589. The van der Waals surface area contributed by atoms with Crippen LogP contribution in [0.2, 0.25) is 0 Å². The predicted molar refractivity (Wildman–Crippen MR) is 80.5 cm³/mol. The Hall–Kier alpha value is -2.13. The first-order chi connectivity index (χ1) is 10.1. The van der Waals surface area contributed by atoms with Gasteiger partial charge in [-0.1, -0.05) is 17.8 Å². The minimum Gasteiger partial charge on any atom is -0.477 e. The number of carbonyl (C=O) groups is 2. The lowest BCUT2D eigenvalue weighted by Crippen LogP contribution is -2.31. The summed E-state index contributed by atoms with van der Waals surface area (Å²) in [6.45, 7) is 1.63. The summed E-state index contributed by atoms with van der Waals surface area (Å²) in [6.07, 6.45) is 1.61. The standard InChI is InChI=1S/C12H12N4O3S2/c1-7-10(11(18)19)21-12(14-7)20-6-9(17)16-15-8-4-2-3-5-13-8/h2-5H,6H2,1H3,(H,13,15)(H,16,17)(H,18,19). The molecule has 1 amide bonds. The lowest BCUT2D eigenvalue weighted by Gasteiger charge is -2.06. The Bertz CT molecular complexity index is 645. The van der Waals surface area contributed by atoms with Crippen molar-refractivity contribution in [1.29, 1.82) is 0 Å². The molecule has 110 valence electrons. The number of pyridine rings is 1. The fourth-order valence-corrected chi connectivity index (χ4v) is 3.19. The first-order valence-electron chi connectivity index (χ1n) is 5.85. The van der Waals surface area contributed by atoms with Gasteiger partial charge in [-0.3, -0.25) is 15.6 Å². The zero-order valence-corrected chi connectivity index (χ0v) is 12.6. The molecule has 21 heavy (non-hydrogen) atoms. The van der Waals surface area contributed by atoms with Gasteiger partial charge in [0.15, 0.2) is 4.34 Å². The van der Waals surface area contributed by atoms with Gasteiger partial charge >= 0.3 is 5.97 Å². The minimum atomic E-state index is -1.00. The number of aromatic nitrogens is 2. The van der Waals surface area contributed by atoms with Crippen molar-refractivity contribution in [2.45, 2.75) is 11.3 Å². The molecule has 0 radical (unpaired) electrons. The molecular weight excluding hydrogens is 312 g/mol. The molecule has 0 aliphatic rings. The second-order valence-corrected chi connectivity index (χ2v) is 6.10. The number of aryl methyl sites for hydroxylation is 1. The molecule has 0 bridgehead atoms. The second-order valence-electron chi connectivity index (χ2n) is 3.88. The van der Waals surface area contributed by atoms with E-state index in [1.165, 1.54) is 11.8 Å². The van der Waals surface area contributed by atoms with Gasteiger partial charge in [0.05, 0.1) is 11.4 Å². The summed E-state index contributed by atoms with van der Waals surface area (Å²) >= 11 is 2.25. The molecule has 2 aromatic heterocycles. The molecule has 3 N–H and O–H groups in total. The van der Waals surface area contributed by atoms with Crippen LogP contribution >= 0.6 is 23.1 Å². The molecule has 0 unspecified atom stereocenters. The molecule has 2 aromatic rings. The van der Waals surface area contributed by atoms with Crippen LogP contribution in [0, 0.1) is 6.92 Å². The van der Waals surface area contributed by atoms with Gasteiger partial charge in [0.25, 0.3) is 0 Å². The number of hydrogen-bond donors (Lipinski definition) is 3. The van der Waals surface area contributed by atoms with Crippen molar-refractivity contribution < 1.29 is 14.7 Å². The molecule has 0 aliphatic heterocycles. The van der Waals surface area contributed by atoms with Crippen LogP contribution in [-0.2, 0) is 4.79 Å². The van der Waals surface area contributed by atoms with Crippen LogP contribution in [-0.4, -0.2) is 32.7 Å². The van der Waals surface area contributed by atoms with E-state index in [-0.39, 0.29) is 16.5 Å². The number of thiazole rings is 1. The number of anilines is 1. The monoisotopic (exact) mass is 324 g/mol. The predicted octanol–water partition coefficient (Wildman–Crippen LogP) is 1.78. The summed E-state index contributed by atoms with van der Waals surface area (Å²) in [5.41, 5.74) is 5.64. The van der Waals surface area contributed by atoms with Crippen LogP contribution in [0.15, 0.2) is 28.7 Å². The lowest BCUT2D eigenvalue weighted by molar-refractivity contribution is -0.118. The second kappa shape index (κ2) is 7.04. The summed E-state index contributed by atoms with van der Waals surface area (Å²) in [5, 5.41) is 8.93.